The molecule has 0 aromatic heterocycles. The van der Waals surface area contributed by atoms with Crippen LogP contribution in [0.15, 0.2) is 55.1 Å². The highest BCUT2D eigenvalue weighted by Crippen LogP contribution is 2.34. The van der Waals surface area contributed by atoms with Gasteiger partial charge in [-0.05, 0) is 31.2 Å². The van der Waals surface area contributed by atoms with E-state index in [1.807, 2.05) is 19.1 Å². The van der Waals surface area contributed by atoms with Crippen LogP contribution in [-0.2, 0) is 4.79 Å². The van der Waals surface area contributed by atoms with Gasteiger partial charge in [-0.1, -0.05) is 23.8 Å². The highest BCUT2D eigenvalue weighted by atomic mass is 16.5. The minimum absolute atomic E-state index is 0.0177. The van der Waals surface area contributed by atoms with E-state index in [1.54, 1.807) is 41.3 Å². The van der Waals surface area contributed by atoms with Crippen molar-refractivity contribution in [3.63, 3.8) is 0 Å². The zero-order chi connectivity index (χ0) is 17.1. The van der Waals surface area contributed by atoms with E-state index in [2.05, 4.69) is 11.9 Å². The van der Waals surface area contributed by atoms with Crippen molar-refractivity contribution >= 4 is 23.2 Å². The Morgan fingerprint density at radius 3 is 2.75 bits per heavy atom. The number of benzene rings is 2. The Labute approximate surface area is 140 Å². The number of amides is 2. The topological polar surface area (TPSA) is 58.6 Å². The first-order chi connectivity index (χ1) is 11.6. The number of aryl methyl sites for hydroxylation is 1. The zero-order valence-corrected chi connectivity index (χ0v) is 13.4. The highest BCUT2D eigenvalue weighted by Gasteiger charge is 2.24. The van der Waals surface area contributed by atoms with Gasteiger partial charge in [0.05, 0.1) is 5.69 Å². The molecule has 1 N–H and O–H groups in total. The first-order valence-electron chi connectivity index (χ1n) is 7.64. The Morgan fingerprint density at radius 2 is 2.04 bits per heavy atom. The SMILES string of the molecule is C=CCN1C(=O)COc2cc(NC(=O)c3ccc(C)cc3)ccc21. The second-order valence-electron chi connectivity index (χ2n) is 5.58. The number of fused-ring (bicyclic) bond motifs is 1. The monoisotopic (exact) mass is 322 g/mol. The minimum Gasteiger partial charge on any atom is -0.481 e. The molecule has 2 aromatic carbocycles. The first-order valence-corrected chi connectivity index (χ1v) is 7.64. The molecule has 0 aliphatic carbocycles. The minimum atomic E-state index is -0.190. The molecule has 0 saturated carbocycles. The van der Waals surface area contributed by atoms with Gasteiger partial charge in [0.15, 0.2) is 6.61 Å². The summed E-state index contributed by atoms with van der Waals surface area (Å²) < 4.78 is 5.48. The molecule has 2 amide bonds. The summed E-state index contributed by atoms with van der Waals surface area (Å²) in [6.45, 7) is 6.04. The number of nitrogens with zero attached hydrogens (tertiary/aromatic N) is 1. The molecular weight excluding hydrogens is 304 g/mol. The Kier molecular flexibility index (Phi) is 4.33. The normalized spacial score (nSPS) is 13.0. The van der Waals surface area contributed by atoms with Crippen molar-refractivity contribution in [3.8, 4) is 5.75 Å². The van der Waals surface area contributed by atoms with E-state index in [-0.39, 0.29) is 18.4 Å². The van der Waals surface area contributed by atoms with E-state index in [1.165, 1.54) is 0 Å². The first kappa shape index (κ1) is 15.8. The van der Waals surface area contributed by atoms with Gasteiger partial charge in [0, 0.05) is 23.9 Å². The molecule has 122 valence electrons. The molecule has 1 aliphatic heterocycles. The van der Waals surface area contributed by atoms with E-state index in [0.717, 1.165) is 5.56 Å². The summed E-state index contributed by atoms with van der Waals surface area (Å²) in [4.78, 5) is 25.8. The van der Waals surface area contributed by atoms with Crippen LogP contribution in [0.5, 0.6) is 5.75 Å². The standard InChI is InChI=1S/C19H18N2O3/c1-3-10-21-16-9-8-15(11-17(16)24-12-18(21)22)20-19(23)14-6-4-13(2)5-7-14/h3-9,11H,1,10,12H2,2H3,(H,20,23). The van der Waals surface area contributed by atoms with Gasteiger partial charge in [-0.3, -0.25) is 9.59 Å². The van der Waals surface area contributed by atoms with Crippen LogP contribution in [0.3, 0.4) is 0 Å². The van der Waals surface area contributed by atoms with Crippen molar-refractivity contribution < 1.29 is 14.3 Å². The summed E-state index contributed by atoms with van der Waals surface area (Å²) in [6.07, 6.45) is 1.67. The van der Waals surface area contributed by atoms with Crippen molar-refractivity contribution in [2.45, 2.75) is 6.92 Å². The maximum atomic E-state index is 12.3. The molecule has 0 saturated heterocycles. The lowest BCUT2D eigenvalue weighted by atomic mass is 10.1. The number of carbonyl (C=O) groups excluding carboxylic acids is 2. The molecule has 0 fully saturated rings. The highest BCUT2D eigenvalue weighted by molar-refractivity contribution is 6.05. The number of hydrogen-bond acceptors (Lipinski definition) is 3. The molecule has 2 aromatic rings. The van der Waals surface area contributed by atoms with Crippen LogP contribution in [0, 0.1) is 6.92 Å². The molecule has 3 rings (SSSR count). The molecule has 5 heteroatoms. The van der Waals surface area contributed by atoms with E-state index in [9.17, 15) is 9.59 Å². The molecule has 0 unspecified atom stereocenters. The summed E-state index contributed by atoms with van der Waals surface area (Å²) in [5.74, 6) is 0.266. The van der Waals surface area contributed by atoms with E-state index < -0.39 is 0 Å². The van der Waals surface area contributed by atoms with Crippen LogP contribution >= 0.6 is 0 Å². The smallest absolute Gasteiger partial charge is 0.265 e. The number of ether oxygens (including phenoxy) is 1. The molecule has 5 nitrogen and oxygen atoms in total. The Hall–Kier alpha value is -3.08. The third-order valence-electron chi connectivity index (χ3n) is 3.79. The average Bonchev–Trinajstić information content (AvgIpc) is 2.58. The van der Waals surface area contributed by atoms with E-state index in [4.69, 9.17) is 4.74 Å². The van der Waals surface area contributed by atoms with Gasteiger partial charge in [0.2, 0.25) is 0 Å². The van der Waals surface area contributed by atoms with Crippen LogP contribution < -0.4 is 15.0 Å². The third kappa shape index (κ3) is 3.15. The van der Waals surface area contributed by atoms with Gasteiger partial charge < -0.3 is 15.0 Å². The van der Waals surface area contributed by atoms with Crippen LogP contribution in [0.25, 0.3) is 0 Å². The quantitative estimate of drug-likeness (QED) is 0.880. The van der Waals surface area contributed by atoms with Crippen molar-refractivity contribution in [2.75, 3.05) is 23.4 Å². The second kappa shape index (κ2) is 6.58. The molecule has 0 atom stereocenters. The lowest BCUT2D eigenvalue weighted by Crippen LogP contribution is -2.38. The van der Waals surface area contributed by atoms with Crippen LogP contribution in [0.1, 0.15) is 15.9 Å². The van der Waals surface area contributed by atoms with Gasteiger partial charge >= 0.3 is 0 Å². The summed E-state index contributed by atoms with van der Waals surface area (Å²) in [6, 6.07) is 12.6. The number of hydrogen-bond donors (Lipinski definition) is 1. The van der Waals surface area contributed by atoms with Crippen LogP contribution in [0.2, 0.25) is 0 Å². The molecule has 0 radical (unpaired) electrons. The number of rotatable bonds is 4. The Morgan fingerprint density at radius 1 is 1.29 bits per heavy atom. The summed E-state index contributed by atoms with van der Waals surface area (Å²) in [5.41, 5.74) is 2.98. The van der Waals surface area contributed by atoms with E-state index >= 15 is 0 Å². The van der Waals surface area contributed by atoms with Crippen molar-refractivity contribution in [2.24, 2.45) is 0 Å². The molecule has 1 aliphatic rings. The Bertz CT molecular complexity index is 797. The predicted molar refractivity (Wildman–Crippen MR) is 93.6 cm³/mol. The lowest BCUT2D eigenvalue weighted by molar-refractivity contribution is -0.121. The van der Waals surface area contributed by atoms with E-state index in [0.29, 0.717) is 29.2 Å². The molecule has 1 heterocycles. The number of carbonyl (C=O) groups is 2. The molecule has 0 bridgehead atoms. The third-order valence-corrected chi connectivity index (χ3v) is 3.79. The van der Waals surface area contributed by atoms with Crippen LogP contribution in [0.4, 0.5) is 11.4 Å². The fraction of sp³-hybridized carbons (Fsp3) is 0.158. The fourth-order valence-corrected chi connectivity index (χ4v) is 2.52. The van der Waals surface area contributed by atoms with Gasteiger partial charge in [-0.15, -0.1) is 6.58 Å². The summed E-state index contributed by atoms with van der Waals surface area (Å²) in [7, 11) is 0. The van der Waals surface area contributed by atoms with Crippen molar-refractivity contribution in [1.29, 1.82) is 0 Å². The maximum absolute atomic E-state index is 12.3. The van der Waals surface area contributed by atoms with Crippen LogP contribution in [-0.4, -0.2) is 25.0 Å². The summed E-state index contributed by atoms with van der Waals surface area (Å²) in [5, 5.41) is 2.84. The maximum Gasteiger partial charge on any atom is 0.265 e. The molecule has 24 heavy (non-hydrogen) atoms. The van der Waals surface area contributed by atoms with Crippen molar-refractivity contribution in [1.82, 2.24) is 0 Å². The van der Waals surface area contributed by atoms with Gasteiger partial charge in [0.1, 0.15) is 5.75 Å². The Balaban J connectivity index is 1.81. The predicted octanol–water partition coefficient (Wildman–Crippen LogP) is 3.16. The average molecular weight is 322 g/mol. The number of anilines is 2. The van der Waals surface area contributed by atoms with Gasteiger partial charge in [0.25, 0.3) is 11.8 Å². The summed E-state index contributed by atoms with van der Waals surface area (Å²) >= 11 is 0. The largest absolute Gasteiger partial charge is 0.481 e. The van der Waals surface area contributed by atoms with Gasteiger partial charge in [-0.25, -0.2) is 0 Å². The van der Waals surface area contributed by atoms with Gasteiger partial charge in [-0.2, -0.15) is 0 Å². The lowest BCUT2D eigenvalue weighted by Gasteiger charge is -2.28. The zero-order valence-electron chi connectivity index (χ0n) is 13.4. The van der Waals surface area contributed by atoms with Crippen molar-refractivity contribution in [3.05, 3.63) is 66.2 Å². The number of nitrogens with one attached hydrogen (secondary N) is 1. The molecular formula is C19H18N2O3. The molecule has 0 spiro atoms. The fourth-order valence-electron chi connectivity index (χ4n) is 2.52. The second-order valence-corrected chi connectivity index (χ2v) is 5.58.